The first-order valence-electron chi connectivity index (χ1n) is 6.96. The van der Waals surface area contributed by atoms with Crippen LogP contribution < -0.4 is 0 Å². The Morgan fingerprint density at radius 1 is 1.12 bits per heavy atom. The number of carbonyl (C=O) groups excluding carboxylic acids is 1. The van der Waals surface area contributed by atoms with Crippen molar-refractivity contribution in [2.45, 2.75) is 77.0 Å². The second kappa shape index (κ2) is 4.97. The molecule has 0 aromatic heterocycles. The summed E-state index contributed by atoms with van der Waals surface area (Å²) in [5.41, 5.74) is -0.356. The van der Waals surface area contributed by atoms with Gasteiger partial charge in [0.1, 0.15) is 11.6 Å². The highest BCUT2D eigenvalue weighted by Crippen LogP contribution is 2.31. The highest BCUT2D eigenvalue weighted by atomic mass is 16.6. The molecule has 0 bridgehead atoms. The van der Waals surface area contributed by atoms with Gasteiger partial charge in [-0.3, -0.25) is 9.69 Å². The van der Waals surface area contributed by atoms with Gasteiger partial charge in [-0.2, -0.15) is 0 Å². The molecule has 0 spiro atoms. The lowest BCUT2D eigenvalue weighted by Gasteiger charge is -2.46. The largest absolute Gasteiger partial charge is 0.459 e. The first-order valence-corrected chi connectivity index (χ1v) is 6.96. The molecule has 3 heteroatoms. The predicted molar refractivity (Wildman–Crippen MR) is 67.8 cm³/mol. The molecule has 1 aliphatic carbocycles. The first kappa shape index (κ1) is 12.9. The minimum absolute atomic E-state index is 0.0191. The molecule has 2 aliphatic rings. The zero-order valence-corrected chi connectivity index (χ0v) is 11.4. The van der Waals surface area contributed by atoms with Gasteiger partial charge in [0.2, 0.25) is 0 Å². The van der Waals surface area contributed by atoms with Gasteiger partial charge < -0.3 is 4.74 Å². The summed E-state index contributed by atoms with van der Waals surface area (Å²) in [4.78, 5) is 14.4. The van der Waals surface area contributed by atoms with Gasteiger partial charge in [-0.1, -0.05) is 19.3 Å². The van der Waals surface area contributed by atoms with E-state index in [0.29, 0.717) is 6.04 Å². The maximum Gasteiger partial charge on any atom is 0.323 e. The second-order valence-electron chi connectivity index (χ2n) is 6.37. The average Bonchev–Trinajstić information content (AvgIpc) is 2.14. The quantitative estimate of drug-likeness (QED) is 0.694. The lowest BCUT2D eigenvalue weighted by molar-refractivity contribution is -0.168. The Morgan fingerprint density at radius 3 is 2.24 bits per heavy atom. The summed E-state index contributed by atoms with van der Waals surface area (Å²) in [6, 6.07) is 0.673. The molecule has 2 fully saturated rings. The van der Waals surface area contributed by atoms with Crippen LogP contribution in [0.5, 0.6) is 0 Å². The minimum Gasteiger partial charge on any atom is -0.459 e. The molecule has 17 heavy (non-hydrogen) atoms. The van der Waals surface area contributed by atoms with Crippen LogP contribution in [-0.4, -0.2) is 35.1 Å². The Bertz CT molecular complexity index is 276. The molecule has 0 N–H and O–H groups in total. The van der Waals surface area contributed by atoms with Crippen molar-refractivity contribution in [2.24, 2.45) is 0 Å². The van der Waals surface area contributed by atoms with Crippen LogP contribution in [0.3, 0.4) is 0 Å². The zero-order valence-electron chi connectivity index (χ0n) is 11.4. The van der Waals surface area contributed by atoms with E-state index in [1.54, 1.807) is 0 Å². The minimum atomic E-state index is -0.356. The van der Waals surface area contributed by atoms with Crippen LogP contribution in [0.1, 0.15) is 59.3 Å². The number of esters is 1. The van der Waals surface area contributed by atoms with Crippen LogP contribution in [0.2, 0.25) is 0 Å². The summed E-state index contributed by atoms with van der Waals surface area (Å²) in [6.07, 6.45) is 7.51. The van der Waals surface area contributed by atoms with Crippen molar-refractivity contribution < 1.29 is 9.53 Å². The summed E-state index contributed by atoms with van der Waals surface area (Å²) in [5, 5.41) is 0. The number of rotatable bonds is 2. The van der Waals surface area contributed by atoms with Crippen molar-refractivity contribution in [3.63, 3.8) is 0 Å². The normalized spacial score (nSPS) is 27.6. The maximum atomic E-state index is 12.0. The molecular weight excluding hydrogens is 214 g/mol. The van der Waals surface area contributed by atoms with Crippen molar-refractivity contribution in [1.82, 2.24) is 4.90 Å². The van der Waals surface area contributed by atoms with E-state index in [2.05, 4.69) is 4.90 Å². The van der Waals surface area contributed by atoms with Gasteiger partial charge in [0.05, 0.1) is 0 Å². The van der Waals surface area contributed by atoms with Crippen LogP contribution in [0.4, 0.5) is 0 Å². The fraction of sp³-hybridized carbons (Fsp3) is 0.929. The van der Waals surface area contributed by atoms with Crippen LogP contribution >= 0.6 is 0 Å². The van der Waals surface area contributed by atoms with Crippen molar-refractivity contribution in [2.75, 3.05) is 6.54 Å². The van der Waals surface area contributed by atoms with Gasteiger partial charge >= 0.3 is 5.97 Å². The Labute approximate surface area is 105 Å². The van der Waals surface area contributed by atoms with Crippen LogP contribution in [0.15, 0.2) is 0 Å². The van der Waals surface area contributed by atoms with E-state index >= 15 is 0 Å². The lowest BCUT2D eigenvalue weighted by Crippen LogP contribution is -2.58. The summed E-state index contributed by atoms with van der Waals surface area (Å²) < 4.78 is 5.48. The van der Waals surface area contributed by atoms with E-state index in [0.717, 1.165) is 13.0 Å². The summed E-state index contributed by atoms with van der Waals surface area (Å²) >= 11 is 0. The smallest absolute Gasteiger partial charge is 0.323 e. The number of likely N-dealkylation sites (tertiary alicyclic amines) is 1. The molecular formula is C14H25NO2. The molecule has 1 saturated carbocycles. The fourth-order valence-electron chi connectivity index (χ4n) is 2.88. The first-order chi connectivity index (χ1) is 7.97. The number of hydrogen-bond donors (Lipinski definition) is 0. The van der Waals surface area contributed by atoms with Crippen molar-refractivity contribution in [3.8, 4) is 0 Å². The Kier molecular flexibility index (Phi) is 3.76. The molecule has 1 atom stereocenters. The van der Waals surface area contributed by atoms with E-state index in [4.69, 9.17) is 4.74 Å². The summed E-state index contributed by atoms with van der Waals surface area (Å²) in [6.45, 7) is 6.89. The zero-order chi connectivity index (χ0) is 12.5. The Balaban J connectivity index is 1.87. The highest BCUT2D eigenvalue weighted by molar-refractivity contribution is 5.77. The molecule has 1 heterocycles. The molecule has 2 rings (SSSR count). The van der Waals surface area contributed by atoms with Gasteiger partial charge in [-0.25, -0.2) is 0 Å². The van der Waals surface area contributed by atoms with E-state index < -0.39 is 0 Å². The van der Waals surface area contributed by atoms with Crippen molar-refractivity contribution >= 4 is 5.97 Å². The van der Waals surface area contributed by atoms with Crippen LogP contribution in [0.25, 0.3) is 0 Å². The molecule has 0 aromatic carbocycles. The summed E-state index contributed by atoms with van der Waals surface area (Å²) in [7, 11) is 0. The molecule has 1 aliphatic heterocycles. The van der Waals surface area contributed by atoms with Gasteiger partial charge in [0.25, 0.3) is 0 Å². The van der Waals surface area contributed by atoms with E-state index in [-0.39, 0.29) is 17.6 Å². The molecule has 98 valence electrons. The molecule has 0 aromatic rings. The fourth-order valence-corrected chi connectivity index (χ4v) is 2.88. The third-order valence-corrected chi connectivity index (χ3v) is 3.78. The number of hydrogen-bond acceptors (Lipinski definition) is 3. The molecule has 0 amide bonds. The SMILES string of the molecule is CC(C)(C)OC(=O)C1CCN1C1CCCCC1. The second-order valence-corrected chi connectivity index (χ2v) is 6.37. The van der Waals surface area contributed by atoms with Crippen LogP contribution in [0, 0.1) is 0 Å². The number of nitrogens with zero attached hydrogens (tertiary/aromatic N) is 1. The van der Waals surface area contributed by atoms with Gasteiger partial charge in [-0.05, 0) is 40.0 Å². The molecule has 0 radical (unpaired) electrons. The average molecular weight is 239 g/mol. The Hall–Kier alpha value is -0.570. The van der Waals surface area contributed by atoms with Crippen LogP contribution in [-0.2, 0) is 9.53 Å². The van der Waals surface area contributed by atoms with Gasteiger partial charge in [0, 0.05) is 12.6 Å². The molecule has 1 unspecified atom stereocenters. The third-order valence-electron chi connectivity index (χ3n) is 3.78. The number of carbonyl (C=O) groups is 1. The lowest BCUT2D eigenvalue weighted by atomic mass is 9.89. The highest BCUT2D eigenvalue weighted by Gasteiger charge is 2.40. The summed E-state index contributed by atoms with van der Waals surface area (Å²) in [5.74, 6) is -0.0191. The Morgan fingerprint density at radius 2 is 1.76 bits per heavy atom. The maximum absolute atomic E-state index is 12.0. The van der Waals surface area contributed by atoms with E-state index in [9.17, 15) is 4.79 Å². The standard InChI is InChI=1S/C14H25NO2/c1-14(2,3)17-13(16)12-9-10-15(12)11-7-5-4-6-8-11/h11-12H,4-10H2,1-3H3. The van der Waals surface area contributed by atoms with E-state index in [1.165, 1.54) is 32.1 Å². The topological polar surface area (TPSA) is 29.5 Å². The van der Waals surface area contributed by atoms with Crippen molar-refractivity contribution in [1.29, 1.82) is 0 Å². The van der Waals surface area contributed by atoms with Crippen molar-refractivity contribution in [3.05, 3.63) is 0 Å². The third kappa shape index (κ3) is 3.21. The molecule has 3 nitrogen and oxygen atoms in total. The van der Waals surface area contributed by atoms with E-state index in [1.807, 2.05) is 20.8 Å². The number of ether oxygens (including phenoxy) is 1. The molecule has 1 saturated heterocycles. The van der Waals surface area contributed by atoms with Gasteiger partial charge in [0.15, 0.2) is 0 Å². The predicted octanol–water partition coefficient (Wildman–Crippen LogP) is 2.74. The monoisotopic (exact) mass is 239 g/mol. The van der Waals surface area contributed by atoms with Gasteiger partial charge in [-0.15, -0.1) is 0 Å².